The first-order valence-electron chi connectivity index (χ1n) is 9.33. The molecule has 0 bridgehead atoms. The molecule has 0 aliphatic heterocycles. The molecule has 7 nitrogen and oxygen atoms in total. The molecular weight excluding hydrogens is 457 g/mol. The van der Waals surface area contributed by atoms with Crippen molar-refractivity contribution in [2.45, 2.75) is 4.90 Å². The van der Waals surface area contributed by atoms with Crippen molar-refractivity contribution < 1.29 is 22.4 Å². The maximum absolute atomic E-state index is 14.6. The van der Waals surface area contributed by atoms with Crippen LogP contribution in [0.2, 0.25) is 5.02 Å². The fourth-order valence-electron chi connectivity index (χ4n) is 2.88. The number of urea groups is 1. The third-order valence-electron chi connectivity index (χ3n) is 4.35. The number of hydrogen-bond acceptors (Lipinski definition) is 4. The average Bonchev–Trinajstić information content (AvgIpc) is 2.75. The Kier molecular flexibility index (Phi) is 7.12. The van der Waals surface area contributed by atoms with Crippen molar-refractivity contribution in [1.29, 1.82) is 0 Å². The number of nitrogens with one attached hydrogen (secondary N) is 3. The van der Waals surface area contributed by atoms with Crippen LogP contribution in [0.1, 0.15) is 0 Å². The maximum Gasteiger partial charge on any atom is 0.319 e. The number of carbonyl (C=O) groups excluding carboxylic acids is 2. The number of benzene rings is 3. The van der Waals surface area contributed by atoms with E-state index in [2.05, 4.69) is 16.0 Å². The topological polar surface area (TPSA) is 104 Å². The molecule has 0 saturated carbocycles. The molecule has 3 N–H and O–H groups in total. The van der Waals surface area contributed by atoms with E-state index in [-0.39, 0.29) is 10.6 Å². The van der Waals surface area contributed by atoms with E-state index in [1.807, 2.05) is 0 Å². The second-order valence-electron chi connectivity index (χ2n) is 6.83. The largest absolute Gasteiger partial charge is 0.329 e. The van der Waals surface area contributed by atoms with Gasteiger partial charge in [-0.2, -0.15) is 0 Å². The van der Waals surface area contributed by atoms with Crippen LogP contribution in [0.3, 0.4) is 0 Å². The number of carbonyl (C=O) groups is 2. The summed E-state index contributed by atoms with van der Waals surface area (Å²) in [5.74, 6) is -1.38. The third kappa shape index (κ3) is 6.05. The van der Waals surface area contributed by atoms with Crippen LogP contribution in [0.15, 0.2) is 71.6 Å². The van der Waals surface area contributed by atoms with E-state index in [0.717, 1.165) is 12.3 Å². The van der Waals surface area contributed by atoms with Gasteiger partial charge in [0.05, 0.1) is 17.1 Å². The quantitative estimate of drug-likeness (QED) is 0.494. The zero-order valence-corrected chi connectivity index (χ0v) is 18.4. The highest BCUT2D eigenvalue weighted by Crippen LogP contribution is 2.29. The second-order valence-corrected chi connectivity index (χ2v) is 9.25. The number of anilines is 2. The van der Waals surface area contributed by atoms with Crippen LogP contribution >= 0.6 is 11.6 Å². The molecule has 3 aromatic carbocycles. The second kappa shape index (κ2) is 9.80. The molecule has 3 rings (SSSR count). The van der Waals surface area contributed by atoms with Crippen LogP contribution in [0.25, 0.3) is 11.1 Å². The molecule has 0 atom stereocenters. The van der Waals surface area contributed by atoms with Gasteiger partial charge in [0.15, 0.2) is 9.84 Å². The van der Waals surface area contributed by atoms with E-state index in [1.165, 1.54) is 18.2 Å². The highest BCUT2D eigenvalue weighted by molar-refractivity contribution is 7.90. The lowest BCUT2D eigenvalue weighted by Gasteiger charge is -2.11. The molecule has 10 heteroatoms. The van der Waals surface area contributed by atoms with Crippen LogP contribution in [0.5, 0.6) is 0 Å². The van der Waals surface area contributed by atoms with Crippen molar-refractivity contribution in [3.63, 3.8) is 0 Å². The molecule has 0 unspecified atom stereocenters. The smallest absolute Gasteiger partial charge is 0.319 e. The summed E-state index contributed by atoms with van der Waals surface area (Å²) in [5.41, 5.74) is 1.09. The summed E-state index contributed by atoms with van der Waals surface area (Å²) in [7, 11) is -3.51. The van der Waals surface area contributed by atoms with E-state index in [1.54, 1.807) is 42.5 Å². The van der Waals surface area contributed by atoms with Crippen molar-refractivity contribution in [3.8, 4) is 11.1 Å². The molecule has 0 fully saturated rings. The average molecular weight is 476 g/mol. The summed E-state index contributed by atoms with van der Waals surface area (Å²) in [6.07, 6.45) is 1.08. The van der Waals surface area contributed by atoms with Crippen molar-refractivity contribution in [2.75, 3.05) is 23.4 Å². The van der Waals surface area contributed by atoms with Gasteiger partial charge in [0.2, 0.25) is 5.91 Å². The summed E-state index contributed by atoms with van der Waals surface area (Å²) in [4.78, 5) is 24.0. The monoisotopic (exact) mass is 475 g/mol. The first kappa shape index (κ1) is 23.2. The van der Waals surface area contributed by atoms with Crippen LogP contribution in [0.4, 0.5) is 20.6 Å². The Bertz CT molecular complexity index is 1260. The van der Waals surface area contributed by atoms with Gasteiger partial charge in [0, 0.05) is 22.5 Å². The normalized spacial score (nSPS) is 11.0. The van der Waals surface area contributed by atoms with Crippen LogP contribution in [-0.2, 0) is 14.6 Å². The van der Waals surface area contributed by atoms with Gasteiger partial charge >= 0.3 is 6.03 Å². The van der Waals surface area contributed by atoms with Crippen LogP contribution in [0, 0.1) is 5.82 Å². The van der Waals surface area contributed by atoms with E-state index >= 15 is 0 Å². The standard InChI is InChI=1S/C22H19ClFN3O4S/c1-32(30,31)20-5-3-2-4-17(20)14-6-11-19(18(24)12-14)27-21(28)13-25-22(29)26-16-9-7-15(23)8-10-16/h2-12H,13H2,1H3,(H,27,28)(H2,25,26,29). The molecule has 166 valence electrons. The molecule has 0 aliphatic carbocycles. The predicted octanol–water partition coefficient (Wildman–Crippen LogP) is 4.31. The molecule has 0 saturated heterocycles. The Hall–Kier alpha value is -3.43. The third-order valence-corrected chi connectivity index (χ3v) is 5.76. The summed E-state index contributed by atoms with van der Waals surface area (Å²) in [6, 6.07) is 16.0. The summed E-state index contributed by atoms with van der Waals surface area (Å²) >= 11 is 5.77. The van der Waals surface area contributed by atoms with Crippen molar-refractivity contribution in [3.05, 3.63) is 77.6 Å². The van der Waals surface area contributed by atoms with Gasteiger partial charge in [-0.15, -0.1) is 0 Å². The van der Waals surface area contributed by atoms with Gasteiger partial charge in [-0.05, 0) is 48.0 Å². The maximum atomic E-state index is 14.6. The molecule has 0 aromatic heterocycles. The van der Waals surface area contributed by atoms with Crippen LogP contribution in [-0.4, -0.2) is 33.2 Å². The van der Waals surface area contributed by atoms with Crippen molar-refractivity contribution in [2.24, 2.45) is 0 Å². The Labute approximate surface area is 189 Å². The van der Waals surface area contributed by atoms with Gasteiger partial charge in [-0.25, -0.2) is 17.6 Å². The SMILES string of the molecule is CS(=O)(=O)c1ccccc1-c1ccc(NC(=O)CNC(=O)Nc2ccc(Cl)cc2)c(F)c1. The lowest BCUT2D eigenvalue weighted by atomic mass is 10.0. The van der Waals surface area contributed by atoms with Crippen molar-refractivity contribution >= 4 is 44.8 Å². The zero-order chi connectivity index (χ0) is 23.3. The Balaban J connectivity index is 1.63. The predicted molar refractivity (Wildman–Crippen MR) is 122 cm³/mol. The summed E-state index contributed by atoms with van der Waals surface area (Å²) in [5, 5.41) is 7.78. The van der Waals surface area contributed by atoms with E-state index < -0.39 is 34.1 Å². The number of halogens is 2. The van der Waals surface area contributed by atoms with Gasteiger partial charge in [-0.3, -0.25) is 4.79 Å². The number of rotatable bonds is 6. The zero-order valence-electron chi connectivity index (χ0n) is 16.9. The van der Waals surface area contributed by atoms with Gasteiger partial charge in [-0.1, -0.05) is 35.9 Å². The lowest BCUT2D eigenvalue weighted by Crippen LogP contribution is -2.35. The summed E-state index contributed by atoms with van der Waals surface area (Å²) < 4.78 is 38.5. The number of amides is 3. The Morgan fingerprint density at radius 2 is 1.66 bits per heavy atom. The first-order chi connectivity index (χ1) is 15.1. The molecule has 3 amide bonds. The molecule has 0 spiro atoms. The van der Waals surface area contributed by atoms with Crippen LogP contribution < -0.4 is 16.0 Å². The molecule has 0 aliphatic rings. The molecule has 3 aromatic rings. The minimum atomic E-state index is -3.51. The van der Waals surface area contributed by atoms with E-state index in [0.29, 0.717) is 21.8 Å². The molecule has 0 radical (unpaired) electrons. The molecule has 32 heavy (non-hydrogen) atoms. The first-order valence-corrected chi connectivity index (χ1v) is 11.6. The van der Waals surface area contributed by atoms with E-state index in [4.69, 9.17) is 11.6 Å². The molecular formula is C22H19ClFN3O4S. The van der Waals surface area contributed by atoms with Crippen molar-refractivity contribution in [1.82, 2.24) is 5.32 Å². The Morgan fingerprint density at radius 1 is 0.969 bits per heavy atom. The van der Waals surface area contributed by atoms with Gasteiger partial charge in [0.1, 0.15) is 5.82 Å². The fourth-order valence-corrected chi connectivity index (χ4v) is 3.91. The lowest BCUT2D eigenvalue weighted by molar-refractivity contribution is -0.115. The van der Waals surface area contributed by atoms with Gasteiger partial charge < -0.3 is 16.0 Å². The number of hydrogen-bond donors (Lipinski definition) is 3. The summed E-state index contributed by atoms with van der Waals surface area (Å²) in [6.45, 7) is -0.391. The van der Waals surface area contributed by atoms with E-state index in [9.17, 15) is 22.4 Å². The fraction of sp³-hybridized carbons (Fsp3) is 0.0909. The minimum absolute atomic E-state index is 0.0760. The minimum Gasteiger partial charge on any atom is -0.329 e. The number of sulfone groups is 1. The highest BCUT2D eigenvalue weighted by atomic mass is 35.5. The molecule has 0 heterocycles. The van der Waals surface area contributed by atoms with Gasteiger partial charge in [0.25, 0.3) is 0 Å². The Morgan fingerprint density at radius 3 is 2.31 bits per heavy atom. The highest BCUT2D eigenvalue weighted by Gasteiger charge is 2.16.